The van der Waals surface area contributed by atoms with Crippen LogP contribution in [0.25, 0.3) is 10.8 Å². The number of nitrogens with one attached hydrogen (secondary N) is 1. The number of hydrogen-bond acceptors (Lipinski definition) is 2. The second-order valence-corrected chi connectivity index (χ2v) is 6.98. The average Bonchev–Trinajstić information content (AvgIpc) is 2.77. The third-order valence-electron chi connectivity index (χ3n) is 5.03. The van der Waals surface area contributed by atoms with Crippen LogP contribution in [0.3, 0.4) is 0 Å². The molecule has 2 nitrogen and oxygen atoms in total. The number of hydrogen-bond donors (Lipinski definition) is 1. The van der Waals surface area contributed by atoms with Gasteiger partial charge in [-0.2, -0.15) is 0 Å². The van der Waals surface area contributed by atoms with E-state index in [1.807, 2.05) is 6.07 Å². The number of ether oxygens (including phenoxy) is 1. The molecule has 1 N–H and O–H groups in total. The van der Waals surface area contributed by atoms with Gasteiger partial charge in [0, 0.05) is 12.2 Å². The van der Waals surface area contributed by atoms with Gasteiger partial charge in [0.25, 0.3) is 0 Å². The second kappa shape index (κ2) is 8.62. The summed E-state index contributed by atoms with van der Waals surface area (Å²) in [5, 5.41) is 5.98. The van der Waals surface area contributed by atoms with Crippen LogP contribution in [0.4, 0.5) is 5.69 Å². The van der Waals surface area contributed by atoms with E-state index in [2.05, 4.69) is 97.2 Å². The summed E-state index contributed by atoms with van der Waals surface area (Å²) in [6.45, 7) is 3.51. The lowest BCUT2D eigenvalue weighted by molar-refractivity contribution is 0.307. The van der Waals surface area contributed by atoms with Crippen molar-refractivity contribution in [2.45, 2.75) is 26.5 Å². The first-order valence-corrected chi connectivity index (χ1v) is 9.83. The fourth-order valence-electron chi connectivity index (χ4n) is 3.39. The normalized spacial score (nSPS) is 10.8. The van der Waals surface area contributed by atoms with E-state index in [4.69, 9.17) is 4.74 Å². The Kier molecular flexibility index (Phi) is 5.58. The first-order chi connectivity index (χ1) is 13.8. The van der Waals surface area contributed by atoms with E-state index in [1.165, 1.54) is 27.5 Å². The van der Waals surface area contributed by atoms with E-state index in [0.717, 1.165) is 24.4 Å². The Morgan fingerprint density at radius 2 is 1.54 bits per heavy atom. The predicted octanol–water partition coefficient (Wildman–Crippen LogP) is 6.59. The summed E-state index contributed by atoms with van der Waals surface area (Å²) in [5.74, 6) is 0.897. The molecule has 0 heterocycles. The van der Waals surface area contributed by atoms with E-state index in [-0.39, 0.29) is 0 Å². The predicted molar refractivity (Wildman–Crippen MR) is 118 cm³/mol. The lowest BCUT2D eigenvalue weighted by Crippen LogP contribution is -2.01. The highest BCUT2D eigenvalue weighted by Crippen LogP contribution is 2.21. The van der Waals surface area contributed by atoms with E-state index >= 15 is 0 Å². The van der Waals surface area contributed by atoms with Crippen molar-refractivity contribution in [3.8, 4) is 5.75 Å². The molecule has 4 aromatic carbocycles. The second-order valence-electron chi connectivity index (χ2n) is 6.98. The molecule has 4 aromatic rings. The van der Waals surface area contributed by atoms with Gasteiger partial charge in [0.15, 0.2) is 0 Å². The summed E-state index contributed by atoms with van der Waals surface area (Å²) in [4.78, 5) is 0. The standard InChI is InChI=1S/C26H25NO/c1-2-20-13-15-24(16-14-20)27-18-21-7-5-11-25(17-21)28-19-23-10-6-9-22-8-3-4-12-26(22)23/h3-17,27H,2,18-19H2,1H3. The van der Waals surface area contributed by atoms with E-state index in [9.17, 15) is 0 Å². The molecule has 140 valence electrons. The van der Waals surface area contributed by atoms with Crippen LogP contribution >= 0.6 is 0 Å². The molecule has 0 aliphatic carbocycles. The van der Waals surface area contributed by atoms with E-state index in [0.29, 0.717) is 6.61 Å². The summed E-state index contributed by atoms with van der Waals surface area (Å²) in [6, 6.07) is 31.7. The van der Waals surface area contributed by atoms with Crippen molar-refractivity contribution in [2.24, 2.45) is 0 Å². The molecule has 0 saturated carbocycles. The van der Waals surface area contributed by atoms with Gasteiger partial charge in [-0.3, -0.25) is 0 Å². The Hall–Kier alpha value is -3.26. The Balaban J connectivity index is 1.40. The van der Waals surface area contributed by atoms with Gasteiger partial charge < -0.3 is 10.1 Å². The molecule has 0 bridgehead atoms. The highest BCUT2D eigenvalue weighted by Gasteiger charge is 2.03. The molecule has 0 atom stereocenters. The number of aryl methyl sites for hydroxylation is 1. The minimum absolute atomic E-state index is 0.566. The maximum atomic E-state index is 6.10. The summed E-state index contributed by atoms with van der Waals surface area (Å²) < 4.78 is 6.10. The zero-order valence-electron chi connectivity index (χ0n) is 16.2. The zero-order chi connectivity index (χ0) is 19.2. The van der Waals surface area contributed by atoms with Gasteiger partial charge >= 0.3 is 0 Å². The third kappa shape index (κ3) is 4.34. The smallest absolute Gasteiger partial charge is 0.120 e. The SMILES string of the molecule is CCc1ccc(NCc2cccc(OCc3cccc4ccccc34)c2)cc1. The minimum Gasteiger partial charge on any atom is -0.489 e. The van der Waals surface area contributed by atoms with Gasteiger partial charge in [0.1, 0.15) is 12.4 Å². The molecule has 0 spiro atoms. The van der Waals surface area contributed by atoms with Crippen molar-refractivity contribution in [2.75, 3.05) is 5.32 Å². The Morgan fingerprint density at radius 1 is 0.750 bits per heavy atom. The minimum atomic E-state index is 0.566. The van der Waals surface area contributed by atoms with Gasteiger partial charge in [-0.05, 0) is 58.1 Å². The first kappa shape index (κ1) is 18.1. The molecule has 4 rings (SSSR count). The van der Waals surface area contributed by atoms with Gasteiger partial charge in [0.2, 0.25) is 0 Å². The summed E-state index contributed by atoms with van der Waals surface area (Å²) in [5.41, 5.74) is 4.90. The van der Waals surface area contributed by atoms with Crippen LogP contribution in [-0.4, -0.2) is 0 Å². The van der Waals surface area contributed by atoms with Crippen LogP contribution in [0, 0.1) is 0 Å². The molecule has 0 amide bonds. The van der Waals surface area contributed by atoms with Crippen LogP contribution in [-0.2, 0) is 19.6 Å². The quantitative estimate of drug-likeness (QED) is 0.398. The topological polar surface area (TPSA) is 21.3 Å². The first-order valence-electron chi connectivity index (χ1n) is 9.83. The highest BCUT2D eigenvalue weighted by molar-refractivity contribution is 5.85. The largest absolute Gasteiger partial charge is 0.489 e. The highest BCUT2D eigenvalue weighted by atomic mass is 16.5. The van der Waals surface area contributed by atoms with Gasteiger partial charge in [-0.15, -0.1) is 0 Å². The summed E-state index contributed by atoms with van der Waals surface area (Å²) >= 11 is 0. The van der Waals surface area contributed by atoms with Crippen molar-refractivity contribution >= 4 is 16.5 Å². The van der Waals surface area contributed by atoms with Gasteiger partial charge in [-0.25, -0.2) is 0 Å². The maximum absolute atomic E-state index is 6.10. The molecule has 0 aromatic heterocycles. The van der Waals surface area contributed by atoms with E-state index in [1.54, 1.807) is 0 Å². The van der Waals surface area contributed by atoms with Crippen LogP contribution < -0.4 is 10.1 Å². The molecular formula is C26H25NO. The zero-order valence-corrected chi connectivity index (χ0v) is 16.2. The molecule has 0 radical (unpaired) electrons. The Bertz CT molecular complexity index is 1050. The molecule has 2 heteroatoms. The number of anilines is 1. The van der Waals surface area contributed by atoms with Gasteiger partial charge in [0.05, 0.1) is 0 Å². The van der Waals surface area contributed by atoms with Crippen LogP contribution in [0.5, 0.6) is 5.75 Å². The van der Waals surface area contributed by atoms with Crippen LogP contribution in [0.15, 0.2) is 91.0 Å². The van der Waals surface area contributed by atoms with Gasteiger partial charge in [-0.1, -0.05) is 73.7 Å². The number of rotatable bonds is 7. The van der Waals surface area contributed by atoms with Crippen molar-refractivity contribution in [1.82, 2.24) is 0 Å². The molecular weight excluding hydrogens is 342 g/mol. The number of benzene rings is 4. The molecule has 0 aliphatic rings. The Labute approximate surface area is 166 Å². The molecule has 0 saturated heterocycles. The fourth-order valence-corrected chi connectivity index (χ4v) is 3.39. The van der Waals surface area contributed by atoms with Crippen LogP contribution in [0.1, 0.15) is 23.6 Å². The Morgan fingerprint density at radius 3 is 2.39 bits per heavy atom. The monoisotopic (exact) mass is 367 g/mol. The van der Waals surface area contributed by atoms with Crippen molar-refractivity contribution < 1.29 is 4.74 Å². The maximum Gasteiger partial charge on any atom is 0.120 e. The lowest BCUT2D eigenvalue weighted by atomic mass is 10.1. The van der Waals surface area contributed by atoms with E-state index < -0.39 is 0 Å². The molecule has 28 heavy (non-hydrogen) atoms. The summed E-state index contributed by atoms with van der Waals surface area (Å²) in [6.07, 6.45) is 1.07. The third-order valence-corrected chi connectivity index (χ3v) is 5.03. The number of fused-ring (bicyclic) bond motifs is 1. The molecule has 0 aliphatic heterocycles. The van der Waals surface area contributed by atoms with Crippen LogP contribution in [0.2, 0.25) is 0 Å². The average molecular weight is 367 g/mol. The van der Waals surface area contributed by atoms with Crippen molar-refractivity contribution in [3.63, 3.8) is 0 Å². The molecule has 0 unspecified atom stereocenters. The van der Waals surface area contributed by atoms with Crippen molar-refractivity contribution in [1.29, 1.82) is 0 Å². The lowest BCUT2D eigenvalue weighted by Gasteiger charge is -2.11. The molecule has 0 fully saturated rings. The fraction of sp³-hybridized carbons (Fsp3) is 0.154. The summed E-state index contributed by atoms with van der Waals surface area (Å²) in [7, 11) is 0. The van der Waals surface area contributed by atoms with Crippen molar-refractivity contribution in [3.05, 3.63) is 108 Å².